The predicted molar refractivity (Wildman–Crippen MR) is 233 cm³/mol. The molecule has 0 atom stereocenters. The van der Waals surface area contributed by atoms with E-state index >= 15 is 0 Å². The standard InChI is InChI=1S/C52H35NS/c1-3-11-36(12-4-1)38-21-23-39(24-22-38)41-27-32-45(33-28-41)53(44-30-25-40(26-31-44)37-13-5-2-6-14-37)46-17-9-16-43(35-46)47-19-10-15-42-29-34-50-52(51(42)47)48-18-7-8-20-49(48)54-50/h1-35H. The Bertz CT molecular complexity index is 2890. The molecule has 0 spiro atoms. The van der Waals surface area contributed by atoms with Gasteiger partial charge >= 0.3 is 0 Å². The Morgan fingerprint density at radius 2 is 0.796 bits per heavy atom. The third kappa shape index (κ3) is 5.84. The molecule has 0 bridgehead atoms. The van der Waals surface area contributed by atoms with Crippen molar-refractivity contribution in [1.29, 1.82) is 0 Å². The highest BCUT2D eigenvalue weighted by Crippen LogP contribution is 2.44. The van der Waals surface area contributed by atoms with Gasteiger partial charge in [-0.15, -0.1) is 11.3 Å². The smallest absolute Gasteiger partial charge is 0.0467 e. The van der Waals surface area contributed by atoms with Gasteiger partial charge in [-0.2, -0.15) is 0 Å². The van der Waals surface area contributed by atoms with E-state index < -0.39 is 0 Å². The zero-order valence-corrected chi connectivity index (χ0v) is 30.4. The molecule has 254 valence electrons. The van der Waals surface area contributed by atoms with E-state index in [-0.39, 0.29) is 0 Å². The van der Waals surface area contributed by atoms with Crippen molar-refractivity contribution in [3.63, 3.8) is 0 Å². The lowest BCUT2D eigenvalue weighted by Crippen LogP contribution is -2.10. The van der Waals surface area contributed by atoms with Gasteiger partial charge in [-0.3, -0.25) is 0 Å². The van der Waals surface area contributed by atoms with E-state index in [4.69, 9.17) is 0 Å². The van der Waals surface area contributed by atoms with Crippen LogP contribution < -0.4 is 4.90 Å². The minimum atomic E-state index is 1.11. The molecule has 0 radical (unpaired) electrons. The van der Waals surface area contributed by atoms with Gasteiger partial charge in [0.1, 0.15) is 0 Å². The highest BCUT2D eigenvalue weighted by atomic mass is 32.1. The average molecular weight is 706 g/mol. The number of benzene rings is 9. The number of hydrogen-bond acceptors (Lipinski definition) is 2. The Morgan fingerprint density at radius 3 is 1.41 bits per heavy atom. The quantitative estimate of drug-likeness (QED) is 0.160. The summed E-state index contributed by atoms with van der Waals surface area (Å²) >= 11 is 1.87. The molecule has 54 heavy (non-hydrogen) atoms. The highest BCUT2D eigenvalue weighted by Gasteiger charge is 2.17. The molecule has 0 amide bonds. The molecule has 0 aliphatic rings. The van der Waals surface area contributed by atoms with Gasteiger partial charge in [0, 0.05) is 37.2 Å². The van der Waals surface area contributed by atoms with Gasteiger partial charge in [0.05, 0.1) is 0 Å². The number of rotatable bonds is 7. The molecule has 10 aromatic rings. The van der Waals surface area contributed by atoms with E-state index in [1.54, 1.807) is 0 Å². The van der Waals surface area contributed by atoms with Crippen LogP contribution in [0, 0.1) is 0 Å². The summed E-state index contributed by atoms with van der Waals surface area (Å²) in [6.07, 6.45) is 0. The first-order valence-electron chi connectivity index (χ1n) is 18.4. The number of nitrogens with zero attached hydrogens (tertiary/aromatic N) is 1. The van der Waals surface area contributed by atoms with Crippen molar-refractivity contribution >= 4 is 59.3 Å². The van der Waals surface area contributed by atoms with Crippen molar-refractivity contribution in [2.24, 2.45) is 0 Å². The summed E-state index contributed by atoms with van der Waals surface area (Å²) in [7, 11) is 0. The molecule has 10 rings (SSSR count). The predicted octanol–water partition coefficient (Wildman–Crippen LogP) is 15.3. The summed E-state index contributed by atoms with van der Waals surface area (Å²) < 4.78 is 2.64. The second-order valence-electron chi connectivity index (χ2n) is 13.7. The van der Waals surface area contributed by atoms with Crippen molar-refractivity contribution in [1.82, 2.24) is 0 Å². The first-order valence-corrected chi connectivity index (χ1v) is 19.2. The Morgan fingerprint density at radius 1 is 0.296 bits per heavy atom. The van der Waals surface area contributed by atoms with Crippen LogP contribution in [0.2, 0.25) is 0 Å². The molecule has 0 saturated carbocycles. The van der Waals surface area contributed by atoms with Crippen LogP contribution in [-0.4, -0.2) is 0 Å². The maximum absolute atomic E-state index is 2.38. The summed E-state index contributed by atoms with van der Waals surface area (Å²) in [5.41, 5.74) is 13.0. The fraction of sp³-hybridized carbons (Fsp3) is 0. The molecule has 9 aromatic carbocycles. The average Bonchev–Trinajstić information content (AvgIpc) is 3.64. The lowest BCUT2D eigenvalue weighted by atomic mass is 9.94. The lowest BCUT2D eigenvalue weighted by Gasteiger charge is -2.26. The van der Waals surface area contributed by atoms with E-state index in [1.807, 2.05) is 11.3 Å². The van der Waals surface area contributed by atoms with Crippen molar-refractivity contribution in [3.8, 4) is 44.5 Å². The van der Waals surface area contributed by atoms with Gasteiger partial charge in [0.2, 0.25) is 0 Å². The molecule has 2 heteroatoms. The van der Waals surface area contributed by atoms with Crippen LogP contribution in [0.3, 0.4) is 0 Å². The fourth-order valence-corrected chi connectivity index (χ4v) is 8.93. The first kappa shape index (κ1) is 32.0. The molecule has 0 aliphatic carbocycles. The number of anilines is 3. The summed E-state index contributed by atoms with van der Waals surface area (Å²) in [5, 5.41) is 5.23. The van der Waals surface area contributed by atoms with Crippen LogP contribution >= 0.6 is 11.3 Å². The summed E-state index contributed by atoms with van der Waals surface area (Å²) in [6, 6.07) is 77.0. The summed E-state index contributed by atoms with van der Waals surface area (Å²) in [6.45, 7) is 0. The zero-order chi connectivity index (χ0) is 35.8. The van der Waals surface area contributed by atoms with Crippen LogP contribution in [-0.2, 0) is 0 Å². The van der Waals surface area contributed by atoms with Crippen LogP contribution in [0.25, 0.3) is 75.5 Å². The molecule has 0 aliphatic heterocycles. The summed E-state index contributed by atoms with van der Waals surface area (Å²) in [4.78, 5) is 2.38. The minimum Gasteiger partial charge on any atom is -0.310 e. The van der Waals surface area contributed by atoms with Crippen LogP contribution in [0.15, 0.2) is 212 Å². The van der Waals surface area contributed by atoms with Gasteiger partial charge in [-0.1, -0.05) is 164 Å². The van der Waals surface area contributed by atoms with Crippen molar-refractivity contribution < 1.29 is 0 Å². The van der Waals surface area contributed by atoms with E-state index in [2.05, 4.69) is 217 Å². The second kappa shape index (κ2) is 13.7. The SMILES string of the molecule is c1ccc(-c2ccc(-c3ccc(N(c4ccc(-c5ccccc5)cc4)c4cccc(-c5cccc6ccc7sc8ccccc8c7c56)c4)cc3)cc2)cc1. The van der Waals surface area contributed by atoms with Crippen molar-refractivity contribution in [3.05, 3.63) is 212 Å². The third-order valence-electron chi connectivity index (χ3n) is 10.5. The number of hydrogen-bond donors (Lipinski definition) is 0. The van der Waals surface area contributed by atoms with Gasteiger partial charge in [-0.25, -0.2) is 0 Å². The molecule has 0 fully saturated rings. The van der Waals surface area contributed by atoms with Gasteiger partial charge in [0.15, 0.2) is 0 Å². The van der Waals surface area contributed by atoms with E-state index in [1.165, 1.54) is 75.5 Å². The van der Waals surface area contributed by atoms with E-state index in [0.717, 1.165) is 17.1 Å². The molecule has 0 unspecified atom stereocenters. The van der Waals surface area contributed by atoms with E-state index in [9.17, 15) is 0 Å². The molecule has 1 aromatic heterocycles. The minimum absolute atomic E-state index is 1.11. The van der Waals surface area contributed by atoms with Crippen molar-refractivity contribution in [2.45, 2.75) is 0 Å². The van der Waals surface area contributed by atoms with Crippen LogP contribution in [0.5, 0.6) is 0 Å². The van der Waals surface area contributed by atoms with Gasteiger partial charge in [-0.05, 0) is 104 Å². The zero-order valence-electron chi connectivity index (χ0n) is 29.6. The molecular weight excluding hydrogens is 671 g/mol. The van der Waals surface area contributed by atoms with Gasteiger partial charge < -0.3 is 4.90 Å². The Labute approximate surface area is 319 Å². The topological polar surface area (TPSA) is 3.24 Å². The van der Waals surface area contributed by atoms with Gasteiger partial charge in [0.25, 0.3) is 0 Å². The lowest BCUT2D eigenvalue weighted by molar-refractivity contribution is 1.28. The molecular formula is C52H35NS. The third-order valence-corrected chi connectivity index (χ3v) is 11.6. The number of fused-ring (bicyclic) bond motifs is 5. The maximum atomic E-state index is 2.38. The maximum Gasteiger partial charge on any atom is 0.0467 e. The van der Waals surface area contributed by atoms with Crippen LogP contribution in [0.1, 0.15) is 0 Å². The first-order chi connectivity index (χ1) is 26.8. The number of thiophene rings is 1. The van der Waals surface area contributed by atoms with Crippen molar-refractivity contribution in [2.75, 3.05) is 4.90 Å². The Kier molecular flexibility index (Phi) is 8.09. The largest absolute Gasteiger partial charge is 0.310 e. The Balaban J connectivity index is 1.08. The van der Waals surface area contributed by atoms with Crippen LogP contribution in [0.4, 0.5) is 17.1 Å². The molecule has 1 nitrogen and oxygen atoms in total. The molecule has 0 N–H and O–H groups in total. The molecule has 1 heterocycles. The summed E-state index contributed by atoms with van der Waals surface area (Å²) in [5.74, 6) is 0. The Hall–Kier alpha value is -6.74. The monoisotopic (exact) mass is 705 g/mol. The highest BCUT2D eigenvalue weighted by molar-refractivity contribution is 7.26. The normalized spacial score (nSPS) is 11.3. The fourth-order valence-electron chi connectivity index (χ4n) is 7.82. The van der Waals surface area contributed by atoms with E-state index in [0.29, 0.717) is 0 Å². The second-order valence-corrected chi connectivity index (χ2v) is 14.8. The molecule has 0 saturated heterocycles.